The fourth-order valence-corrected chi connectivity index (χ4v) is 2.65. The van der Waals surface area contributed by atoms with Crippen LogP contribution in [0.2, 0.25) is 0 Å². The number of benzene rings is 1. The molecule has 1 saturated heterocycles. The first-order valence-electron chi connectivity index (χ1n) is 7.77. The number of urea groups is 1. The zero-order chi connectivity index (χ0) is 17.0. The van der Waals surface area contributed by atoms with Gasteiger partial charge in [-0.1, -0.05) is 38.1 Å². The molecule has 0 unspecified atom stereocenters. The highest BCUT2D eigenvalue weighted by Crippen LogP contribution is 2.24. The number of imide groups is 1. The summed E-state index contributed by atoms with van der Waals surface area (Å²) in [6.07, 6.45) is 0.978. The van der Waals surface area contributed by atoms with Crippen LogP contribution in [0.15, 0.2) is 24.3 Å². The number of hydrogen-bond acceptors (Lipinski definition) is 4. The van der Waals surface area contributed by atoms with Crippen molar-refractivity contribution in [1.29, 1.82) is 0 Å². The lowest BCUT2D eigenvalue weighted by atomic mass is 9.93. The molecule has 1 fully saturated rings. The lowest BCUT2D eigenvalue weighted by Gasteiger charge is -2.22. The number of hydrogen-bond donors (Lipinski definition) is 1. The first-order chi connectivity index (χ1) is 10.9. The van der Waals surface area contributed by atoms with Crippen molar-refractivity contribution in [3.63, 3.8) is 0 Å². The van der Waals surface area contributed by atoms with E-state index in [1.807, 2.05) is 45.0 Å². The van der Waals surface area contributed by atoms with E-state index in [9.17, 15) is 14.4 Å². The second-order valence-electron chi connectivity index (χ2n) is 5.70. The van der Waals surface area contributed by atoms with E-state index in [1.165, 1.54) is 0 Å². The Hall–Kier alpha value is -2.37. The lowest BCUT2D eigenvalue weighted by molar-refractivity contribution is -0.148. The molecule has 1 aliphatic heterocycles. The molecule has 1 aromatic carbocycles. The summed E-state index contributed by atoms with van der Waals surface area (Å²) in [5, 5.41) is 2.68. The fraction of sp³-hybridized carbons (Fsp3) is 0.471. The molecular formula is C17H22N2O4. The summed E-state index contributed by atoms with van der Waals surface area (Å²) < 4.78 is 5.19. The smallest absolute Gasteiger partial charge is 0.326 e. The van der Waals surface area contributed by atoms with Gasteiger partial charge in [0.05, 0.1) is 0 Å². The molecule has 1 aromatic rings. The third-order valence-corrected chi connectivity index (χ3v) is 4.39. The molecule has 0 saturated carbocycles. The third kappa shape index (κ3) is 3.36. The second kappa shape index (κ2) is 6.81. The van der Waals surface area contributed by atoms with Crippen LogP contribution in [0.4, 0.5) is 4.79 Å². The van der Waals surface area contributed by atoms with E-state index >= 15 is 0 Å². The molecule has 0 bridgehead atoms. The average molecular weight is 318 g/mol. The Morgan fingerprint density at radius 2 is 1.87 bits per heavy atom. The number of nitrogens with zero attached hydrogens (tertiary/aromatic N) is 1. The molecule has 23 heavy (non-hydrogen) atoms. The summed E-state index contributed by atoms with van der Waals surface area (Å²) in [5.41, 5.74) is 1.02. The van der Waals surface area contributed by atoms with Crippen LogP contribution >= 0.6 is 0 Å². The van der Waals surface area contributed by atoms with E-state index in [0.717, 1.165) is 16.0 Å². The largest absolute Gasteiger partial charge is 0.459 e. The summed E-state index contributed by atoms with van der Waals surface area (Å²) in [6, 6.07) is 7.03. The van der Waals surface area contributed by atoms with Gasteiger partial charge in [0, 0.05) is 0 Å². The lowest BCUT2D eigenvalue weighted by Crippen LogP contribution is -2.46. The molecule has 1 heterocycles. The van der Waals surface area contributed by atoms with Gasteiger partial charge in [-0.05, 0) is 30.9 Å². The number of amides is 3. The van der Waals surface area contributed by atoms with Gasteiger partial charge < -0.3 is 10.1 Å². The monoisotopic (exact) mass is 318 g/mol. The van der Waals surface area contributed by atoms with Crippen molar-refractivity contribution >= 4 is 17.9 Å². The maximum atomic E-state index is 12.4. The maximum Gasteiger partial charge on any atom is 0.326 e. The Morgan fingerprint density at radius 3 is 2.43 bits per heavy atom. The summed E-state index contributed by atoms with van der Waals surface area (Å²) in [4.78, 5) is 37.3. The van der Waals surface area contributed by atoms with Crippen LogP contribution in [-0.2, 0) is 20.9 Å². The molecule has 6 heteroatoms. The summed E-state index contributed by atoms with van der Waals surface area (Å²) in [5.74, 6) is -0.958. The first kappa shape index (κ1) is 17.0. The molecule has 1 N–H and O–H groups in total. The van der Waals surface area contributed by atoms with Crippen molar-refractivity contribution in [3.05, 3.63) is 35.4 Å². The van der Waals surface area contributed by atoms with Crippen molar-refractivity contribution in [1.82, 2.24) is 10.2 Å². The number of esters is 1. The van der Waals surface area contributed by atoms with Gasteiger partial charge in [0.2, 0.25) is 0 Å². The van der Waals surface area contributed by atoms with Crippen molar-refractivity contribution in [2.75, 3.05) is 6.54 Å². The molecule has 0 spiro atoms. The highest BCUT2D eigenvalue weighted by Gasteiger charge is 2.49. The Balaban J connectivity index is 1.97. The van der Waals surface area contributed by atoms with Gasteiger partial charge in [-0.3, -0.25) is 14.5 Å². The minimum atomic E-state index is -0.895. The van der Waals surface area contributed by atoms with Gasteiger partial charge in [-0.2, -0.15) is 0 Å². The first-order valence-corrected chi connectivity index (χ1v) is 7.77. The number of carbonyl (C=O) groups excluding carboxylic acids is 3. The van der Waals surface area contributed by atoms with E-state index < -0.39 is 17.5 Å². The maximum absolute atomic E-state index is 12.4. The number of ether oxygens (including phenoxy) is 1. The van der Waals surface area contributed by atoms with Crippen molar-refractivity contribution in [3.8, 4) is 0 Å². The minimum Gasteiger partial charge on any atom is -0.459 e. The van der Waals surface area contributed by atoms with Crippen LogP contribution in [0.3, 0.4) is 0 Å². The molecule has 0 aromatic heterocycles. The third-order valence-electron chi connectivity index (χ3n) is 4.39. The quantitative estimate of drug-likeness (QED) is 0.644. The van der Waals surface area contributed by atoms with E-state index in [2.05, 4.69) is 5.32 Å². The van der Waals surface area contributed by atoms with Gasteiger partial charge in [-0.15, -0.1) is 0 Å². The molecule has 1 aliphatic rings. The molecule has 124 valence electrons. The molecular weight excluding hydrogens is 296 g/mol. The van der Waals surface area contributed by atoms with E-state index in [-0.39, 0.29) is 19.1 Å². The van der Waals surface area contributed by atoms with Crippen LogP contribution in [0.5, 0.6) is 0 Å². The molecule has 0 radical (unpaired) electrons. The topological polar surface area (TPSA) is 75.7 Å². The van der Waals surface area contributed by atoms with Crippen molar-refractivity contribution in [2.45, 2.75) is 45.8 Å². The predicted molar refractivity (Wildman–Crippen MR) is 84.5 cm³/mol. The molecule has 0 atom stereocenters. The fourth-order valence-electron chi connectivity index (χ4n) is 2.65. The van der Waals surface area contributed by atoms with Crippen molar-refractivity contribution in [2.24, 2.45) is 0 Å². The van der Waals surface area contributed by atoms with Gasteiger partial charge in [-0.25, -0.2) is 4.79 Å². The van der Waals surface area contributed by atoms with Crippen LogP contribution in [0.25, 0.3) is 0 Å². The Morgan fingerprint density at radius 1 is 1.22 bits per heavy atom. The van der Waals surface area contributed by atoms with E-state index in [4.69, 9.17) is 4.74 Å². The highest BCUT2D eigenvalue weighted by molar-refractivity contribution is 6.08. The Labute approximate surface area is 135 Å². The summed E-state index contributed by atoms with van der Waals surface area (Å²) in [7, 11) is 0. The number of nitrogens with one attached hydrogen (secondary N) is 1. The average Bonchev–Trinajstić information content (AvgIpc) is 2.79. The standard InChI is InChI=1S/C17H22N2O4/c1-4-17(5-2)15(21)19(16(22)18-17)10-14(20)23-11-13-9-7-6-8-12(13)3/h6-9H,4-5,10-11H2,1-3H3,(H,18,22). The molecule has 0 aliphatic carbocycles. The zero-order valence-corrected chi connectivity index (χ0v) is 13.7. The van der Waals surface area contributed by atoms with Gasteiger partial charge in [0.25, 0.3) is 5.91 Å². The van der Waals surface area contributed by atoms with Crippen LogP contribution < -0.4 is 5.32 Å². The van der Waals surface area contributed by atoms with Crippen LogP contribution in [0, 0.1) is 6.92 Å². The molecule has 6 nitrogen and oxygen atoms in total. The van der Waals surface area contributed by atoms with E-state index in [0.29, 0.717) is 12.8 Å². The highest BCUT2D eigenvalue weighted by atomic mass is 16.5. The summed E-state index contributed by atoms with van der Waals surface area (Å²) in [6.45, 7) is 5.36. The minimum absolute atomic E-state index is 0.127. The van der Waals surface area contributed by atoms with Crippen LogP contribution in [0.1, 0.15) is 37.8 Å². The Bertz CT molecular complexity index is 623. The van der Waals surface area contributed by atoms with Crippen molar-refractivity contribution < 1.29 is 19.1 Å². The van der Waals surface area contributed by atoms with Gasteiger partial charge >= 0.3 is 12.0 Å². The molecule has 3 amide bonds. The predicted octanol–water partition coefficient (Wildman–Crippen LogP) is 2.15. The number of carbonyl (C=O) groups is 3. The normalized spacial score (nSPS) is 16.4. The molecule has 2 rings (SSSR count). The summed E-state index contributed by atoms with van der Waals surface area (Å²) >= 11 is 0. The second-order valence-corrected chi connectivity index (χ2v) is 5.70. The number of rotatable bonds is 6. The number of aryl methyl sites for hydroxylation is 1. The SMILES string of the molecule is CCC1(CC)NC(=O)N(CC(=O)OCc2ccccc2C)C1=O. The van der Waals surface area contributed by atoms with Gasteiger partial charge in [0.15, 0.2) is 0 Å². The van der Waals surface area contributed by atoms with Gasteiger partial charge in [0.1, 0.15) is 18.7 Å². The van der Waals surface area contributed by atoms with E-state index in [1.54, 1.807) is 0 Å². The zero-order valence-electron chi connectivity index (χ0n) is 13.7. The van der Waals surface area contributed by atoms with Crippen LogP contribution in [-0.4, -0.2) is 34.9 Å². The Kier molecular flexibility index (Phi) is 5.03.